The van der Waals surface area contributed by atoms with Gasteiger partial charge in [0, 0.05) is 5.56 Å². The second kappa shape index (κ2) is 4.05. The van der Waals surface area contributed by atoms with Gasteiger partial charge in [-0.1, -0.05) is 44.2 Å². The summed E-state index contributed by atoms with van der Waals surface area (Å²) >= 11 is 0. The first kappa shape index (κ1) is 8.98. The van der Waals surface area contributed by atoms with E-state index in [1.54, 1.807) is 12.1 Å². The normalized spacial score (nSPS) is 11.3. The molecule has 0 radical (unpaired) electrons. The summed E-state index contributed by atoms with van der Waals surface area (Å²) in [6, 6.07) is 6.78. The van der Waals surface area contributed by atoms with E-state index < -0.39 is 0 Å². The highest BCUT2D eigenvalue weighted by Crippen LogP contribution is 2.09. The van der Waals surface area contributed by atoms with E-state index in [2.05, 4.69) is 13.8 Å². The molecule has 0 N–H and O–H groups in total. The summed E-state index contributed by atoms with van der Waals surface area (Å²) in [7, 11) is 0. The predicted octanol–water partition coefficient (Wildman–Crippen LogP) is 3.49. The minimum atomic E-state index is -0.158. The molecule has 0 aliphatic carbocycles. The third-order valence-corrected chi connectivity index (χ3v) is 1.57. The molecule has 0 saturated carbocycles. The molecule has 0 fully saturated rings. The maximum Gasteiger partial charge on any atom is 0.130 e. The van der Waals surface area contributed by atoms with Gasteiger partial charge in [0.05, 0.1) is 0 Å². The van der Waals surface area contributed by atoms with E-state index in [0.29, 0.717) is 11.5 Å². The number of benzene rings is 1. The minimum absolute atomic E-state index is 0.158. The van der Waals surface area contributed by atoms with Crippen molar-refractivity contribution in [2.24, 2.45) is 5.92 Å². The predicted molar refractivity (Wildman–Crippen MR) is 50.3 cm³/mol. The molecule has 0 aliphatic rings. The first-order chi connectivity index (χ1) is 5.70. The lowest BCUT2D eigenvalue weighted by Crippen LogP contribution is -1.81. The Kier molecular flexibility index (Phi) is 3.03. The lowest BCUT2D eigenvalue weighted by Gasteiger charge is -1.96. The average molecular weight is 164 g/mol. The Morgan fingerprint density at radius 3 is 2.50 bits per heavy atom. The van der Waals surface area contributed by atoms with Crippen molar-refractivity contribution in [1.29, 1.82) is 0 Å². The summed E-state index contributed by atoms with van der Waals surface area (Å²) in [6.07, 6.45) is 3.80. The quantitative estimate of drug-likeness (QED) is 0.627. The van der Waals surface area contributed by atoms with Gasteiger partial charge in [0.15, 0.2) is 0 Å². The van der Waals surface area contributed by atoms with Crippen LogP contribution >= 0.6 is 0 Å². The van der Waals surface area contributed by atoms with Crippen molar-refractivity contribution in [3.8, 4) is 0 Å². The molecule has 0 spiro atoms. The van der Waals surface area contributed by atoms with Gasteiger partial charge in [0.25, 0.3) is 0 Å². The fraction of sp³-hybridized carbons (Fsp3) is 0.273. The summed E-state index contributed by atoms with van der Waals surface area (Å²) in [5.41, 5.74) is 0.659. The molecular weight excluding hydrogens is 151 g/mol. The SMILES string of the molecule is CC(C)/C=C/c1ccccc1F. The molecule has 0 unspecified atom stereocenters. The van der Waals surface area contributed by atoms with Crippen molar-refractivity contribution in [2.75, 3.05) is 0 Å². The summed E-state index contributed by atoms with van der Waals surface area (Å²) in [4.78, 5) is 0. The molecule has 0 amide bonds. The molecule has 0 aliphatic heterocycles. The molecule has 1 heteroatoms. The maximum atomic E-state index is 13.0. The van der Waals surface area contributed by atoms with E-state index in [0.717, 1.165) is 0 Å². The zero-order valence-corrected chi connectivity index (χ0v) is 7.42. The highest BCUT2D eigenvalue weighted by Gasteiger charge is 1.94. The van der Waals surface area contributed by atoms with Crippen molar-refractivity contribution in [3.05, 3.63) is 41.7 Å². The lowest BCUT2D eigenvalue weighted by atomic mass is 10.1. The van der Waals surface area contributed by atoms with E-state index in [4.69, 9.17) is 0 Å². The van der Waals surface area contributed by atoms with Crippen LogP contribution in [0.4, 0.5) is 4.39 Å². The zero-order chi connectivity index (χ0) is 8.97. The van der Waals surface area contributed by atoms with Gasteiger partial charge >= 0.3 is 0 Å². The molecule has 1 rings (SSSR count). The number of hydrogen-bond acceptors (Lipinski definition) is 0. The van der Waals surface area contributed by atoms with E-state index in [1.165, 1.54) is 6.07 Å². The minimum Gasteiger partial charge on any atom is -0.206 e. The van der Waals surface area contributed by atoms with E-state index in [9.17, 15) is 4.39 Å². The zero-order valence-electron chi connectivity index (χ0n) is 7.42. The van der Waals surface area contributed by atoms with Gasteiger partial charge in [-0.3, -0.25) is 0 Å². The number of halogens is 1. The van der Waals surface area contributed by atoms with Crippen LogP contribution in [-0.4, -0.2) is 0 Å². The van der Waals surface area contributed by atoms with Gasteiger partial charge in [0.1, 0.15) is 5.82 Å². The Bertz CT molecular complexity index is 274. The van der Waals surface area contributed by atoms with E-state index >= 15 is 0 Å². The van der Waals surface area contributed by atoms with E-state index in [1.807, 2.05) is 18.2 Å². The first-order valence-corrected chi connectivity index (χ1v) is 4.13. The molecular formula is C11H13F. The van der Waals surface area contributed by atoms with Crippen LogP contribution in [0.5, 0.6) is 0 Å². The molecule has 1 aromatic carbocycles. The fourth-order valence-electron chi connectivity index (χ4n) is 0.906. The van der Waals surface area contributed by atoms with Crippen LogP contribution in [0.3, 0.4) is 0 Å². The largest absolute Gasteiger partial charge is 0.206 e. The van der Waals surface area contributed by atoms with Crippen LogP contribution in [0.25, 0.3) is 6.08 Å². The van der Waals surface area contributed by atoms with Crippen molar-refractivity contribution < 1.29 is 4.39 Å². The monoisotopic (exact) mass is 164 g/mol. The van der Waals surface area contributed by atoms with Crippen LogP contribution < -0.4 is 0 Å². The van der Waals surface area contributed by atoms with Crippen LogP contribution in [0.1, 0.15) is 19.4 Å². The van der Waals surface area contributed by atoms with Gasteiger partial charge in [-0.15, -0.1) is 0 Å². The molecule has 0 bridgehead atoms. The topological polar surface area (TPSA) is 0 Å². The molecule has 0 aromatic heterocycles. The van der Waals surface area contributed by atoms with Crippen LogP contribution in [0, 0.1) is 11.7 Å². The highest BCUT2D eigenvalue weighted by molar-refractivity contribution is 5.49. The fourth-order valence-corrected chi connectivity index (χ4v) is 0.906. The van der Waals surface area contributed by atoms with Gasteiger partial charge in [-0.2, -0.15) is 0 Å². The van der Waals surface area contributed by atoms with Gasteiger partial charge in [0.2, 0.25) is 0 Å². The highest BCUT2D eigenvalue weighted by atomic mass is 19.1. The van der Waals surface area contributed by atoms with Gasteiger partial charge < -0.3 is 0 Å². The molecule has 12 heavy (non-hydrogen) atoms. The summed E-state index contributed by atoms with van der Waals surface area (Å²) in [5, 5.41) is 0. The van der Waals surface area contributed by atoms with Crippen LogP contribution in [0.15, 0.2) is 30.3 Å². The summed E-state index contributed by atoms with van der Waals surface area (Å²) in [6.45, 7) is 4.13. The van der Waals surface area contributed by atoms with Crippen molar-refractivity contribution in [1.82, 2.24) is 0 Å². The third-order valence-electron chi connectivity index (χ3n) is 1.57. The molecule has 1 aromatic rings. The van der Waals surface area contributed by atoms with Crippen molar-refractivity contribution in [3.63, 3.8) is 0 Å². The molecule has 0 atom stereocenters. The summed E-state index contributed by atoms with van der Waals surface area (Å²) in [5.74, 6) is 0.305. The Hall–Kier alpha value is -1.11. The number of hydrogen-bond donors (Lipinski definition) is 0. The van der Waals surface area contributed by atoms with E-state index in [-0.39, 0.29) is 5.82 Å². The Morgan fingerprint density at radius 1 is 1.25 bits per heavy atom. The Morgan fingerprint density at radius 2 is 1.92 bits per heavy atom. The standard InChI is InChI=1S/C11H13F/c1-9(2)7-8-10-5-3-4-6-11(10)12/h3-9H,1-2H3/b8-7+. The van der Waals surface area contributed by atoms with Crippen LogP contribution in [-0.2, 0) is 0 Å². The second-order valence-electron chi connectivity index (χ2n) is 3.12. The maximum absolute atomic E-state index is 13.0. The van der Waals surface area contributed by atoms with Crippen molar-refractivity contribution >= 4 is 6.08 Å². The average Bonchev–Trinajstić information content (AvgIpc) is 2.03. The molecule has 0 saturated heterocycles. The summed E-state index contributed by atoms with van der Waals surface area (Å²) < 4.78 is 13.0. The Labute approximate surface area is 72.7 Å². The molecule has 64 valence electrons. The van der Waals surface area contributed by atoms with Crippen LogP contribution in [0.2, 0.25) is 0 Å². The Balaban J connectivity index is 2.82. The lowest BCUT2D eigenvalue weighted by molar-refractivity contribution is 0.625. The molecule has 0 heterocycles. The molecule has 0 nitrogen and oxygen atoms in total. The first-order valence-electron chi connectivity index (χ1n) is 4.13. The second-order valence-corrected chi connectivity index (χ2v) is 3.12. The van der Waals surface area contributed by atoms with Gasteiger partial charge in [-0.05, 0) is 12.0 Å². The number of rotatable bonds is 2. The van der Waals surface area contributed by atoms with Gasteiger partial charge in [-0.25, -0.2) is 4.39 Å². The smallest absolute Gasteiger partial charge is 0.130 e. The third kappa shape index (κ3) is 2.50. The van der Waals surface area contributed by atoms with Crippen molar-refractivity contribution in [2.45, 2.75) is 13.8 Å². The number of allylic oxidation sites excluding steroid dienone is 1.